The molecule has 0 spiro atoms. The van der Waals surface area contributed by atoms with Gasteiger partial charge in [-0.2, -0.15) is 0 Å². The monoisotopic (exact) mass is 317 g/mol. The highest BCUT2D eigenvalue weighted by molar-refractivity contribution is 7.39. The molecule has 1 rings (SSSR count). The van der Waals surface area contributed by atoms with E-state index in [0.29, 0.717) is 13.2 Å². The van der Waals surface area contributed by atoms with Crippen LogP contribution in [-0.2, 0) is 23.3 Å². The number of ether oxygens (including phenoxy) is 3. The Hall–Kier alpha value is 0.00494. The van der Waals surface area contributed by atoms with E-state index in [0.717, 1.165) is 6.42 Å². The van der Waals surface area contributed by atoms with Crippen LogP contribution < -0.4 is 0 Å². The van der Waals surface area contributed by atoms with Gasteiger partial charge in [-0.1, -0.05) is 6.92 Å². The fourth-order valence-electron chi connectivity index (χ4n) is 1.99. The first-order chi connectivity index (χ1) is 9.86. The van der Waals surface area contributed by atoms with Crippen molar-refractivity contribution in [2.75, 3.05) is 13.2 Å². The van der Waals surface area contributed by atoms with Crippen molar-refractivity contribution in [2.24, 2.45) is 0 Å². The summed E-state index contributed by atoms with van der Waals surface area (Å²) in [5, 5.41) is 0. The molecule has 1 aliphatic rings. The Morgan fingerprint density at radius 3 is 2.43 bits per heavy atom. The van der Waals surface area contributed by atoms with E-state index in [9.17, 15) is 4.57 Å². The molecule has 0 aromatic rings. The molecule has 7 heteroatoms. The Labute approximate surface area is 130 Å². The molecule has 5 atom stereocenters. The zero-order chi connectivity index (χ0) is 16.0. The first-order valence-electron chi connectivity index (χ1n) is 7.64. The largest absolute Gasteiger partial charge is 0.511 e. The maximum atomic E-state index is 12.0. The minimum absolute atomic E-state index is 0.0599. The van der Waals surface area contributed by atoms with Crippen molar-refractivity contribution in [2.45, 2.75) is 77.1 Å². The first-order valence-corrected chi connectivity index (χ1v) is 8.88. The van der Waals surface area contributed by atoms with Crippen molar-refractivity contribution >= 4 is 15.9 Å². The van der Waals surface area contributed by atoms with Gasteiger partial charge in [0.2, 0.25) is 0 Å². The minimum Gasteiger partial charge on any atom is -0.377 e. The molecule has 0 aromatic heterocycles. The molecule has 1 fully saturated rings. The Balaban J connectivity index is 2.73. The molecular formula is C14H27BO5P+. The molecule has 21 heavy (non-hydrogen) atoms. The highest BCUT2D eigenvalue weighted by atomic mass is 31.1. The molecule has 0 amide bonds. The van der Waals surface area contributed by atoms with Crippen LogP contribution in [0.1, 0.15) is 41.0 Å². The third kappa shape index (κ3) is 5.95. The predicted molar refractivity (Wildman–Crippen MR) is 83.1 cm³/mol. The van der Waals surface area contributed by atoms with E-state index < -0.39 is 26.2 Å². The summed E-state index contributed by atoms with van der Waals surface area (Å²) in [7, 11) is 4.20. The van der Waals surface area contributed by atoms with Gasteiger partial charge in [-0.25, -0.2) is 0 Å². The average Bonchev–Trinajstić information content (AvgIpc) is 2.70. The van der Waals surface area contributed by atoms with Crippen molar-refractivity contribution in [3.63, 3.8) is 0 Å². The van der Waals surface area contributed by atoms with Crippen molar-refractivity contribution in [3.05, 3.63) is 0 Å². The molecule has 120 valence electrons. The summed E-state index contributed by atoms with van der Waals surface area (Å²) in [6.45, 7) is 10.5. The van der Waals surface area contributed by atoms with Crippen molar-refractivity contribution < 1.29 is 23.3 Å². The second-order valence-electron chi connectivity index (χ2n) is 5.81. The SMILES string of the molecule is [B][C@@H]1O[C@H](COC(C)C)C(O[P+](=O)C(C)C)[C@@H]1OCCC. The maximum absolute atomic E-state index is 12.0. The van der Waals surface area contributed by atoms with Gasteiger partial charge in [0.25, 0.3) is 0 Å². The number of hydrogen-bond donors (Lipinski definition) is 0. The molecule has 2 unspecified atom stereocenters. The van der Waals surface area contributed by atoms with Crippen LogP contribution >= 0.6 is 8.03 Å². The molecule has 0 aliphatic carbocycles. The second kappa shape index (κ2) is 9.21. The fourth-order valence-corrected chi connectivity index (χ4v) is 2.73. The molecular weight excluding hydrogens is 290 g/mol. The zero-order valence-electron chi connectivity index (χ0n) is 13.7. The van der Waals surface area contributed by atoms with Gasteiger partial charge < -0.3 is 14.2 Å². The molecule has 1 aliphatic heterocycles. The standard InChI is InChI=1S/C14H27BO5P/c1-6-7-17-13-12(20-21(16)10(4)5)11(19-14(13)15)8-18-9(2)3/h9-14H,6-8H2,1-5H3/q+1/t11-,12?,13+,14-/m1/s1. The van der Waals surface area contributed by atoms with E-state index in [1.54, 1.807) is 0 Å². The van der Waals surface area contributed by atoms with Gasteiger partial charge in [-0.3, -0.25) is 0 Å². The number of hydrogen-bond acceptors (Lipinski definition) is 5. The molecule has 1 saturated heterocycles. The summed E-state index contributed by atoms with van der Waals surface area (Å²) in [5.41, 5.74) is -0.0599. The Morgan fingerprint density at radius 1 is 1.24 bits per heavy atom. The smallest absolute Gasteiger partial charge is 0.377 e. The summed E-state index contributed by atoms with van der Waals surface area (Å²) in [4.78, 5) is 0. The van der Waals surface area contributed by atoms with Gasteiger partial charge in [-0.15, -0.1) is 4.52 Å². The molecule has 0 N–H and O–H groups in total. The van der Waals surface area contributed by atoms with E-state index in [-0.39, 0.29) is 17.9 Å². The molecule has 0 bridgehead atoms. The third-order valence-corrected chi connectivity index (χ3v) is 4.40. The van der Waals surface area contributed by atoms with Crippen molar-refractivity contribution in [1.29, 1.82) is 0 Å². The predicted octanol–water partition coefficient (Wildman–Crippen LogP) is 2.64. The second-order valence-corrected chi connectivity index (χ2v) is 7.62. The van der Waals surface area contributed by atoms with Crippen LogP contribution in [-0.4, -0.2) is 57.1 Å². The Bertz CT molecular complexity index is 326. The van der Waals surface area contributed by atoms with Gasteiger partial charge in [0, 0.05) is 12.6 Å². The van der Waals surface area contributed by atoms with Crippen LogP contribution in [0, 0.1) is 0 Å². The van der Waals surface area contributed by atoms with E-state index >= 15 is 0 Å². The minimum atomic E-state index is -1.79. The lowest BCUT2D eigenvalue weighted by atomic mass is 9.93. The lowest BCUT2D eigenvalue weighted by Gasteiger charge is -2.20. The van der Waals surface area contributed by atoms with Crippen LogP contribution in [0.3, 0.4) is 0 Å². The molecule has 0 aromatic carbocycles. The highest BCUT2D eigenvalue weighted by Crippen LogP contribution is 2.37. The van der Waals surface area contributed by atoms with E-state index in [1.807, 2.05) is 34.6 Å². The van der Waals surface area contributed by atoms with E-state index in [2.05, 4.69) is 0 Å². The van der Waals surface area contributed by atoms with Crippen LogP contribution in [0.2, 0.25) is 0 Å². The third-order valence-electron chi connectivity index (χ3n) is 3.10. The molecule has 2 radical (unpaired) electrons. The summed E-state index contributed by atoms with van der Waals surface area (Å²) in [6, 6.07) is -0.585. The van der Waals surface area contributed by atoms with E-state index in [1.165, 1.54) is 0 Å². The van der Waals surface area contributed by atoms with Gasteiger partial charge >= 0.3 is 8.03 Å². The van der Waals surface area contributed by atoms with Crippen LogP contribution in [0.15, 0.2) is 0 Å². The van der Waals surface area contributed by atoms with Crippen molar-refractivity contribution in [1.82, 2.24) is 0 Å². The normalized spacial score (nSPS) is 30.3. The van der Waals surface area contributed by atoms with Gasteiger partial charge in [-0.05, 0) is 38.7 Å². The van der Waals surface area contributed by atoms with Crippen molar-refractivity contribution in [3.8, 4) is 0 Å². The summed E-state index contributed by atoms with van der Waals surface area (Å²) in [5.74, 6) is 0. The van der Waals surface area contributed by atoms with E-state index in [4.69, 9.17) is 26.6 Å². The van der Waals surface area contributed by atoms with Crippen LogP contribution in [0.5, 0.6) is 0 Å². The summed E-state index contributed by atoms with van der Waals surface area (Å²) < 4.78 is 34.8. The average molecular weight is 317 g/mol. The summed E-state index contributed by atoms with van der Waals surface area (Å²) >= 11 is 0. The molecule has 5 nitrogen and oxygen atoms in total. The van der Waals surface area contributed by atoms with Gasteiger partial charge in [0.05, 0.1) is 12.7 Å². The Morgan fingerprint density at radius 2 is 1.90 bits per heavy atom. The maximum Gasteiger partial charge on any atom is 0.511 e. The topological polar surface area (TPSA) is 54.0 Å². The first kappa shape index (κ1) is 19.1. The lowest BCUT2D eigenvalue weighted by Crippen LogP contribution is -2.38. The number of rotatable bonds is 9. The quantitative estimate of drug-likeness (QED) is 0.483. The van der Waals surface area contributed by atoms with Gasteiger partial charge in [0.1, 0.15) is 20.1 Å². The van der Waals surface area contributed by atoms with Crippen LogP contribution in [0.25, 0.3) is 0 Å². The lowest BCUT2D eigenvalue weighted by molar-refractivity contribution is -0.0431. The van der Waals surface area contributed by atoms with Crippen LogP contribution in [0.4, 0.5) is 0 Å². The summed E-state index contributed by atoms with van der Waals surface area (Å²) in [6.07, 6.45) is -0.277. The Kier molecular flexibility index (Phi) is 8.36. The van der Waals surface area contributed by atoms with Gasteiger partial charge in [0.15, 0.2) is 11.8 Å². The fraction of sp³-hybridized carbons (Fsp3) is 1.00. The molecule has 0 saturated carbocycles. The molecule has 1 heterocycles. The zero-order valence-corrected chi connectivity index (χ0v) is 14.5. The highest BCUT2D eigenvalue weighted by Gasteiger charge is 2.48.